The summed E-state index contributed by atoms with van der Waals surface area (Å²) in [6.45, 7) is 4.02. The van der Waals surface area contributed by atoms with Crippen LogP contribution in [-0.2, 0) is 7.05 Å². The summed E-state index contributed by atoms with van der Waals surface area (Å²) < 4.78 is 1.55. The number of aromatic nitrogens is 2. The highest BCUT2D eigenvalue weighted by Crippen LogP contribution is 2.22. The van der Waals surface area contributed by atoms with Gasteiger partial charge in [-0.05, 0) is 32.4 Å². The molecule has 0 aromatic carbocycles. The lowest BCUT2D eigenvalue weighted by Gasteiger charge is -2.32. The molecular formula is C14H23N5O. The monoisotopic (exact) mass is 277 g/mol. The van der Waals surface area contributed by atoms with Crippen molar-refractivity contribution in [3.8, 4) is 0 Å². The average molecular weight is 277 g/mol. The molecule has 3 heterocycles. The number of hydrogen-bond donors (Lipinski definition) is 1. The quantitative estimate of drug-likeness (QED) is 0.864. The molecule has 3 rings (SSSR count). The molecule has 0 bridgehead atoms. The summed E-state index contributed by atoms with van der Waals surface area (Å²) in [5.41, 5.74) is 6.43. The van der Waals surface area contributed by atoms with Crippen molar-refractivity contribution in [2.24, 2.45) is 7.05 Å². The maximum absolute atomic E-state index is 12.5. The van der Waals surface area contributed by atoms with Crippen LogP contribution in [0.15, 0.2) is 6.20 Å². The lowest BCUT2D eigenvalue weighted by Crippen LogP contribution is -2.41. The largest absolute Gasteiger partial charge is 0.383 e. The minimum absolute atomic E-state index is 0.0232. The summed E-state index contributed by atoms with van der Waals surface area (Å²) in [5.74, 6) is 0.478. The summed E-state index contributed by atoms with van der Waals surface area (Å²) in [6, 6.07) is 0.525. The number of hydrogen-bond acceptors (Lipinski definition) is 4. The Balaban J connectivity index is 1.64. The molecule has 1 unspecified atom stereocenters. The highest BCUT2D eigenvalue weighted by Gasteiger charge is 2.32. The molecule has 20 heavy (non-hydrogen) atoms. The van der Waals surface area contributed by atoms with Crippen molar-refractivity contribution in [3.63, 3.8) is 0 Å². The van der Waals surface area contributed by atoms with Gasteiger partial charge in [0.1, 0.15) is 11.4 Å². The molecule has 0 spiro atoms. The van der Waals surface area contributed by atoms with E-state index in [2.05, 4.69) is 10.00 Å². The number of likely N-dealkylation sites (tertiary alicyclic amines) is 2. The minimum Gasteiger partial charge on any atom is -0.383 e. The summed E-state index contributed by atoms with van der Waals surface area (Å²) in [7, 11) is 1.76. The Morgan fingerprint density at radius 1 is 1.30 bits per heavy atom. The molecule has 2 saturated heterocycles. The number of nitrogens with zero attached hydrogens (tertiary/aromatic N) is 4. The lowest BCUT2D eigenvalue weighted by molar-refractivity contribution is 0.0772. The van der Waals surface area contributed by atoms with E-state index in [0.29, 0.717) is 17.4 Å². The Kier molecular flexibility index (Phi) is 3.65. The molecule has 6 heteroatoms. The van der Waals surface area contributed by atoms with Gasteiger partial charge in [-0.1, -0.05) is 6.42 Å². The van der Waals surface area contributed by atoms with Gasteiger partial charge in [-0.15, -0.1) is 0 Å². The number of carbonyl (C=O) groups is 1. The Labute approximate surface area is 119 Å². The highest BCUT2D eigenvalue weighted by atomic mass is 16.2. The van der Waals surface area contributed by atoms with Gasteiger partial charge in [-0.2, -0.15) is 5.10 Å². The molecule has 1 aromatic rings. The number of nitrogen functional groups attached to an aromatic ring is 1. The summed E-state index contributed by atoms with van der Waals surface area (Å²) in [6.07, 6.45) is 6.58. The van der Waals surface area contributed by atoms with Crippen LogP contribution in [0, 0.1) is 0 Å². The molecule has 0 aliphatic carbocycles. The molecule has 1 amide bonds. The summed E-state index contributed by atoms with van der Waals surface area (Å²) >= 11 is 0. The van der Waals surface area contributed by atoms with Gasteiger partial charge in [-0.25, -0.2) is 0 Å². The maximum Gasteiger partial charge on any atom is 0.259 e. The number of piperidine rings is 1. The first-order valence-corrected chi connectivity index (χ1v) is 7.47. The van der Waals surface area contributed by atoms with Gasteiger partial charge in [0, 0.05) is 26.2 Å². The van der Waals surface area contributed by atoms with Crippen LogP contribution < -0.4 is 5.73 Å². The predicted molar refractivity (Wildman–Crippen MR) is 77.4 cm³/mol. The van der Waals surface area contributed by atoms with E-state index in [0.717, 1.165) is 19.5 Å². The van der Waals surface area contributed by atoms with E-state index in [1.54, 1.807) is 17.9 Å². The van der Waals surface area contributed by atoms with Gasteiger partial charge in [0.15, 0.2) is 0 Å². The number of aryl methyl sites for hydroxylation is 1. The topological polar surface area (TPSA) is 67.4 Å². The molecule has 6 nitrogen and oxygen atoms in total. The van der Waals surface area contributed by atoms with Crippen LogP contribution in [0.1, 0.15) is 36.0 Å². The van der Waals surface area contributed by atoms with E-state index < -0.39 is 0 Å². The first-order valence-electron chi connectivity index (χ1n) is 7.47. The maximum atomic E-state index is 12.5. The van der Waals surface area contributed by atoms with E-state index in [1.807, 2.05) is 4.90 Å². The van der Waals surface area contributed by atoms with E-state index in [9.17, 15) is 4.79 Å². The Hall–Kier alpha value is -1.56. The second-order valence-corrected chi connectivity index (χ2v) is 5.86. The molecular weight excluding hydrogens is 254 g/mol. The molecule has 0 saturated carbocycles. The highest BCUT2D eigenvalue weighted by molar-refractivity contribution is 5.98. The van der Waals surface area contributed by atoms with Crippen LogP contribution in [0.25, 0.3) is 0 Å². The summed E-state index contributed by atoms with van der Waals surface area (Å²) in [5, 5.41) is 4.05. The van der Waals surface area contributed by atoms with Crippen LogP contribution in [0.5, 0.6) is 0 Å². The van der Waals surface area contributed by atoms with E-state index >= 15 is 0 Å². The van der Waals surface area contributed by atoms with Crippen molar-refractivity contribution < 1.29 is 4.79 Å². The number of amides is 1. The average Bonchev–Trinajstić information content (AvgIpc) is 3.08. The molecule has 1 atom stereocenters. The second-order valence-electron chi connectivity index (χ2n) is 5.86. The van der Waals surface area contributed by atoms with Crippen molar-refractivity contribution in [2.45, 2.75) is 31.7 Å². The predicted octanol–water partition coefficient (Wildman–Crippen LogP) is 0.703. The zero-order valence-electron chi connectivity index (χ0n) is 12.1. The fourth-order valence-corrected chi connectivity index (χ4v) is 3.29. The van der Waals surface area contributed by atoms with Crippen molar-refractivity contribution >= 4 is 11.7 Å². The van der Waals surface area contributed by atoms with Gasteiger partial charge in [0.05, 0.1) is 6.20 Å². The van der Waals surface area contributed by atoms with Crippen LogP contribution in [0.3, 0.4) is 0 Å². The minimum atomic E-state index is 0.0232. The van der Waals surface area contributed by atoms with Crippen molar-refractivity contribution in [1.29, 1.82) is 0 Å². The lowest BCUT2D eigenvalue weighted by atomic mass is 10.1. The van der Waals surface area contributed by atoms with E-state index in [4.69, 9.17) is 5.73 Å². The van der Waals surface area contributed by atoms with Gasteiger partial charge in [0.2, 0.25) is 0 Å². The number of anilines is 1. The number of rotatable bonds is 2. The Bertz CT molecular complexity index is 492. The molecule has 110 valence electrons. The van der Waals surface area contributed by atoms with E-state index in [1.165, 1.54) is 32.4 Å². The Morgan fingerprint density at radius 2 is 2.05 bits per heavy atom. The zero-order chi connectivity index (χ0) is 14.1. The first-order chi connectivity index (χ1) is 9.66. The van der Waals surface area contributed by atoms with Crippen LogP contribution in [-0.4, -0.2) is 57.7 Å². The van der Waals surface area contributed by atoms with Crippen LogP contribution >= 0.6 is 0 Å². The molecule has 0 radical (unpaired) electrons. The van der Waals surface area contributed by atoms with Crippen molar-refractivity contribution in [3.05, 3.63) is 11.8 Å². The van der Waals surface area contributed by atoms with Gasteiger partial charge in [0.25, 0.3) is 5.91 Å². The van der Waals surface area contributed by atoms with Gasteiger partial charge >= 0.3 is 0 Å². The van der Waals surface area contributed by atoms with Crippen molar-refractivity contribution in [1.82, 2.24) is 19.6 Å². The Morgan fingerprint density at radius 3 is 2.70 bits per heavy atom. The molecule has 2 fully saturated rings. The fraction of sp³-hybridized carbons (Fsp3) is 0.714. The third kappa shape index (κ3) is 2.40. The number of nitrogens with two attached hydrogens (primary N) is 1. The normalized spacial score (nSPS) is 24.2. The van der Waals surface area contributed by atoms with Crippen molar-refractivity contribution in [2.75, 3.05) is 31.9 Å². The third-order valence-corrected chi connectivity index (χ3v) is 4.57. The molecule has 1 aromatic heterocycles. The fourth-order valence-electron chi connectivity index (χ4n) is 3.29. The van der Waals surface area contributed by atoms with Crippen LogP contribution in [0.2, 0.25) is 0 Å². The first kappa shape index (κ1) is 13.4. The number of carbonyl (C=O) groups excluding carboxylic acids is 1. The van der Waals surface area contributed by atoms with E-state index in [-0.39, 0.29) is 5.91 Å². The molecule has 2 N–H and O–H groups in total. The summed E-state index contributed by atoms with van der Waals surface area (Å²) in [4.78, 5) is 17.0. The van der Waals surface area contributed by atoms with Gasteiger partial charge in [-0.3, -0.25) is 14.4 Å². The third-order valence-electron chi connectivity index (χ3n) is 4.57. The van der Waals surface area contributed by atoms with Gasteiger partial charge < -0.3 is 10.6 Å². The van der Waals surface area contributed by atoms with Crippen LogP contribution in [0.4, 0.5) is 5.82 Å². The molecule has 2 aliphatic rings. The smallest absolute Gasteiger partial charge is 0.259 e. The molecule has 2 aliphatic heterocycles. The zero-order valence-corrected chi connectivity index (χ0v) is 12.1. The standard InChI is InChI=1S/C14H23N5O/c1-17-13(15)12(9-16-17)14(20)19-8-5-11(10-19)18-6-3-2-4-7-18/h9,11H,2-8,10,15H2,1H3. The second kappa shape index (κ2) is 5.44. The SMILES string of the molecule is Cn1ncc(C(=O)N2CCC(N3CCCCC3)C2)c1N.